The van der Waals surface area contributed by atoms with E-state index in [0.29, 0.717) is 17.6 Å². The van der Waals surface area contributed by atoms with E-state index in [2.05, 4.69) is 40.9 Å². The van der Waals surface area contributed by atoms with Crippen molar-refractivity contribution in [2.45, 2.75) is 64.2 Å². The van der Waals surface area contributed by atoms with E-state index in [1.54, 1.807) is 0 Å². The van der Waals surface area contributed by atoms with Crippen molar-refractivity contribution in [3.8, 4) is 0 Å². The number of hydrogen-bond acceptors (Lipinski definition) is 4. The Bertz CT molecular complexity index is 468. The quantitative estimate of drug-likeness (QED) is 0.785. The average Bonchev–Trinajstić information content (AvgIpc) is 3.16. The second kappa shape index (κ2) is 6.61. The Hall–Kier alpha value is -1.04. The molecule has 0 bridgehead atoms. The minimum atomic E-state index is 0.0647. The fraction of sp³-hybridized carbons (Fsp3) is 0.786. The van der Waals surface area contributed by atoms with E-state index in [4.69, 9.17) is 0 Å². The van der Waals surface area contributed by atoms with Gasteiger partial charge in [-0.25, -0.2) is 0 Å². The van der Waals surface area contributed by atoms with Crippen molar-refractivity contribution in [2.75, 3.05) is 5.75 Å². The molecule has 1 aromatic rings. The normalized spacial score (nSPS) is 16.4. The molecule has 0 spiro atoms. The summed E-state index contributed by atoms with van der Waals surface area (Å²) in [7, 11) is 0. The second-order valence-corrected chi connectivity index (χ2v) is 6.69. The Morgan fingerprint density at radius 3 is 2.65 bits per heavy atom. The molecule has 1 aliphatic rings. The van der Waals surface area contributed by atoms with Crippen molar-refractivity contribution >= 4 is 17.7 Å². The zero-order chi connectivity index (χ0) is 14.7. The van der Waals surface area contributed by atoms with Gasteiger partial charge in [-0.05, 0) is 32.6 Å². The van der Waals surface area contributed by atoms with Gasteiger partial charge in [0.1, 0.15) is 5.82 Å². The van der Waals surface area contributed by atoms with Gasteiger partial charge in [0.2, 0.25) is 5.91 Å². The van der Waals surface area contributed by atoms with Gasteiger partial charge in [-0.1, -0.05) is 25.6 Å². The van der Waals surface area contributed by atoms with Crippen LogP contribution in [0.3, 0.4) is 0 Å². The van der Waals surface area contributed by atoms with Crippen LogP contribution in [0.5, 0.6) is 0 Å². The monoisotopic (exact) mass is 296 g/mol. The van der Waals surface area contributed by atoms with Crippen molar-refractivity contribution in [3.63, 3.8) is 0 Å². The lowest BCUT2D eigenvalue weighted by Crippen LogP contribution is -2.37. The van der Waals surface area contributed by atoms with Crippen molar-refractivity contribution in [1.82, 2.24) is 20.1 Å². The summed E-state index contributed by atoms with van der Waals surface area (Å²) in [5, 5.41) is 12.4. The fourth-order valence-electron chi connectivity index (χ4n) is 1.94. The van der Waals surface area contributed by atoms with E-state index in [9.17, 15) is 4.79 Å². The van der Waals surface area contributed by atoms with Crippen molar-refractivity contribution in [1.29, 1.82) is 0 Å². The van der Waals surface area contributed by atoms with Gasteiger partial charge < -0.3 is 9.88 Å². The Morgan fingerprint density at radius 2 is 2.10 bits per heavy atom. The topological polar surface area (TPSA) is 59.8 Å². The number of amides is 1. The molecule has 1 heterocycles. The van der Waals surface area contributed by atoms with Crippen LogP contribution in [-0.4, -0.2) is 32.5 Å². The molecule has 0 radical (unpaired) electrons. The lowest BCUT2D eigenvalue weighted by molar-refractivity contribution is -0.119. The van der Waals surface area contributed by atoms with E-state index in [1.165, 1.54) is 24.6 Å². The minimum Gasteiger partial charge on any atom is -0.353 e. The standard InChI is InChI=1S/C14H24N4OS/c1-5-18-13(11-6-7-11)16-17-14(18)20-8-12(19)15-10(4)9(2)3/h9-11H,5-8H2,1-4H3,(H,15,19)/t10-/m1/s1. The number of carbonyl (C=O) groups excluding carboxylic acids is 1. The van der Waals surface area contributed by atoms with Crippen LogP contribution in [0.1, 0.15) is 52.3 Å². The summed E-state index contributed by atoms with van der Waals surface area (Å²) < 4.78 is 2.14. The lowest BCUT2D eigenvalue weighted by Gasteiger charge is -2.17. The molecular weight excluding hydrogens is 272 g/mol. The minimum absolute atomic E-state index is 0.0647. The molecule has 0 aromatic carbocycles. The zero-order valence-electron chi connectivity index (χ0n) is 12.7. The summed E-state index contributed by atoms with van der Waals surface area (Å²) in [5.41, 5.74) is 0. The summed E-state index contributed by atoms with van der Waals surface area (Å²) >= 11 is 1.48. The summed E-state index contributed by atoms with van der Waals surface area (Å²) in [4.78, 5) is 11.9. The molecule has 0 aliphatic heterocycles. The van der Waals surface area contributed by atoms with Crippen molar-refractivity contribution in [2.24, 2.45) is 5.92 Å². The maximum atomic E-state index is 11.9. The van der Waals surface area contributed by atoms with E-state index in [0.717, 1.165) is 17.5 Å². The van der Waals surface area contributed by atoms with Crippen LogP contribution in [0.25, 0.3) is 0 Å². The summed E-state index contributed by atoms with van der Waals surface area (Å²) in [6.45, 7) is 9.21. The van der Waals surface area contributed by atoms with Gasteiger partial charge in [-0.3, -0.25) is 4.79 Å². The van der Waals surface area contributed by atoms with Crippen LogP contribution in [-0.2, 0) is 11.3 Å². The molecular formula is C14H24N4OS. The van der Waals surface area contributed by atoms with Gasteiger partial charge in [0, 0.05) is 18.5 Å². The average molecular weight is 296 g/mol. The molecule has 1 aliphatic carbocycles. The van der Waals surface area contributed by atoms with Crippen LogP contribution in [0.15, 0.2) is 5.16 Å². The third-order valence-electron chi connectivity index (χ3n) is 3.73. The first kappa shape index (κ1) is 15.4. The molecule has 1 fully saturated rings. The molecule has 0 saturated heterocycles. The van der Waals surface area contributed by atoms with Crippen molar-refractivity contribution < 1.29 is 4.79 Å². The van der Waals surface area contributed by atoms with Crippen molar-refractivity contribution in [3.05, 3.63) is 5.82 Å². The fourth-order valence-corrected chi connectivity index (χ4v) is 2.76. The van der Waals surface area contributed by atoms with Gasteiger partial charge in [0.25, 0.3) is 0 Å². The molecule has 6 heteroatoms. The molecule has 1 aromatic heterocycles. The number of rotatable bonds is 7. The van der Waals surface area contributed by atoms with Gasteiger partial charge in [0.05, 0.1) is 5.75 Å². The maximum Gasteiger partial charge on any atom is 0.230 e. The summed E-state index contributed by atoms with van der Waals surface area (Å²) in [6.07, 6.45) is 2.43. The van der Waals surface area contributed by atoms with E-state index < -0.39 is 0 Å². The number of nitrogens with zero attached hydrogens (tertiary/aromatic N) is 3. The third kappa shape index (κ3) is 3.75. The highest BCUT2D eigenvalue weighted by molar-refractivity contribution is 7.99. The maximum absolute atomic E-state index is 11.9. The molecule has 2 rings (SSSR count). The second-order valence-electron chi connectivity index (χ2n) is 5.75. The number of carbonyl (C=O) groups is 1. The smallest absolute Gasteiger partial charge is 0.230 e. The predicted molar refractivity (Wildman–Crippen MR) is 80.8 cm³/mol. The van der Waals surface area contributed by atoms with Gasteiger partial charge in [0.15, 0.2) is 5.16 Å². The van der Waals surface area contributed by atoms with Crippen LogP contribution < -0.4 is 5.32 Å². The highest BCUT2D eigenvalue weighted by Crippen LogP contribution is 2.39. The Morgan fingerprint density at radius 1 is 1.40 bits per heavy atom. The highest BCUT2D eigenvalue weighted by Gasteiger charge is 2.30. The molecule has 0 unspecified atom stereocenters. The van der Waals surface area contributed by atoms with Crippen LogP contribution in [0.4, 0.5) is 0 Å². The van der Waals surface area contributed by atoms with Crippen LogP contribution in [0.2, 0.25) is 0 Å². The Kier molecular flexibility index (Phi) is 5.07. The molecule has 112 valence electrons. The SMILES string of the molecule is CCn1c(SCC(=O)N[C@H](C)C(C)C)nnc1C1CC1. The molecule has 1 amide bonds. The lowest BCUT2D eigenvalue weighted by atomic mass is 10.1. The third-order valence-corrected chi connectivity index (χ3v) is 4.69. The Balaban J connectivity index is 1.89. The first-order chi connectivity index (χ1) is 9.52. The van der Waals surface area contributed by atoms with Crippen LogP contribution >= 0.6 is 11.8 Å². The van der Waals surface area contributed by atoms with E-state index in [-0.39, 0.29) is 11.9 Å². The van der Waals surface area contributed by atoms with Gasteiger partial charge in [-0.2, -0.15) is 0 Å². The molecule has 1 N–H and O–H groups in total. The summed E-state index contributed by atoms with van der Waals surface area (Å²) in [5.74, 6) is 2.59. The predicted octanol–water partition coefficient (Wildman–Crippen LogP) is 2.43. The first-order valence-corrected chi connectivity index (χ1v) is 8.36. The molecule has 20 heavy (non-hydrogen) atoms. The molecule has 1 saturated carbocycles. The number of thioether (sulfide) groups is 1. The zero-order valence-corrected chi connectivity index (χ0v) is 13.5. The summed E-state index contributed by atoms with van der Waals surface area (Å²) in [6, 6.07) is 0.203. The van der Waals surface area contributed by atoms with Gasteiger partial charge >= 0.3 is 0 Å². The number of hydrogen-bond donors (Lipinski definition) is 1. The number of aromatic nitrogens is 3. The first-order valence-electron chi connectivity index (χ1n) is 7.38. The van der Waals surface area contributed by atoms with Gasteiger partial charge in [-0.15, -0.1) is 10.2 Å². The highest BCUT2D eigenvalue weighted by atomic mass is 32.2. The van der Waals surface area contributed by atoms with Crippen LogP contribution in [0, 0.1) is 5.92 Å². The van der Waals surface area contributed by atoms with E-state index in [1.807, 2.05) is 6.92 Å². The Labute approximate surface area is 124 Å². The largest absolute Gasteiger partial charge is 0.353 e. The number of nitrogens with one attached hydrogen (secondary N) is 1. The molecule has 5 nitrogen and oxygen atoms in total. The molecule has 1 atom stereocenters. The van der Waals surface area contributed by atoms with E-state index >= 15 is 0 Å².